The van der Waals surface area contributed by atoms with E-state index in [0.29, 0.717) is 12.6 Å². The van der Waals surface area contributed by atoms with Crippen LogP contribution in [0.25, 0.3) is 0 Å². The topological polar surface area (TPSA) is 38.0 Å². The smallest absolute Gasteiger partial charge is 0.0193 e. The van der Waals surface area contributed by atoms with Crippen molar-refractivity contribution in [1.82, 2.24) is 5.32 Å². The fourth-order valence-electron chi connectivity index (χ4n) is 1.68. The lowest BCUT2D eigenvalue weighted by atomic mass is 10.1. The van der Waals surface area contributed by atoms with Gasteiger partial charge in [0.2, 0.25) is 0 Å². The van der Waals surface area contributed by atoms with Crippen LogP contribution >= 0.6 is 0 Å². The van der Waals surface area contributed by atoms with Crippen molar-refractivity contribution in [2.24, 2.45) is 5.73 Å². The summed E-state index contributed by atoms with van der Waals surface area (Å²) in [4.78, 5) is 0. The second kappa shape index (κ2) is 8.08. The number of aryl methyl sites for hydroxylation is 1. The lowest BCUT2D eigenvalue weighted by molar-refractivity contribution is 0.493. The van der Waals surface area contributed by atoms with Crippen molar-refractivity contribution in [1.29, 1.82) is 0 Å². The Kier molecular flexibility index (Phi) is 6.54. The van der Waals surface area contributed by atoms with E-state index in [2.05, 4.69) is 36.2 Å². The monoisotopic (exact) mass is 218 g/mol. The Balaban J connectivity index is 2.25. The highest BCUT2D eigenvalue weighted by Gasteiger charge is 2.04. The zero-order chi connectivity index (χ0) is 11.6. The number of nitrogens with one attached hydrogen (secondary N) is 1. The minimum Gasteiger partial charge on any atom is -0.329 e. The van der Waals surface area contributed by atoms with Crippen molar-refractivity contribution in [3.8, 4) is 0 Å². The molecule has 0 fully saturated rings. The maximum atomic E-state index is 5.73. The summed E-state index contributed by atoms with van der Waals surface area (Å²) in [6.07, 6.45) is 5.11. The normalized spacial score (nSPS) is 12.3. The van der Waals surface area contributed by atoms with Gasteiger partial charge < -0.3 is 11.1 Å². The van der Waals surface area contributed by atoms with Crippen LogP contribution < -0.4 is 11.1 Å². The van der Waals surface area contributed by atoms with E-state index in [4.69, 9.17) is 5.73 Å². The predicted molar refractivity (Wildman–Crippen MR) is 70.4 cm³/mol. The van der Waals surface area contributed by atoms with Gasteiger partial charge in [-0.2, -0.15) is 0 Å². The Labute approximate surface area is 98.6 Å². The number of hydrogen-bond donors (Lipinski definition) is 2. The van der Waals surface area contributed by atoms with Crippen molar-refractivity contribution in [2.45, 2.75) is 25.3 Å². The molecule has 2 heteroatoms. The third-order valence-electron chi connectivity index (χ3n) is 2.69. The number of nitrogens with two attached hydrogens (primary N) is 1. The highest BCUT2D eigenvalue weighted by atomic mass is 14.9. The molecule has 3 N–H and O–H groups in total. The Bertz CT molecular complexity index is 282. The Morgan fingerprint density at radius 3 is 2.69 bits per heavy atom. The lowest BCUT2D eigenvalue weighted by Gasteiger charge is -2.16. The van der Waals surface area contributed by atoms with Crippen LogP contribution in [0, 0.1) is 0 Å². The Morgan fingerprint density at radius 2 is 2.06 bits per heavy atom. The fourth-order valence-corrected chi connectivity index (χ4v) is 1.68. The van der Waals surface area contributed by atoms with E-state index in [-0.39, 0.29) is 0 Å². The van der Waals surface area contributed by atoms with Crippen molar-refractivity contribution in [2.75, 3.05) is 13.1 Å². The molecule has 0 heterocycles. The summed E-state index contributed by atoms with van der Waals surface area (Å²) >= 11 is 0. The van der Waals surface area contributed by atoms with Gasteiger partial charge in [-0.3, -0.25) is 0 Å². The molecule has 0 aliphatic heterocycles. The van der Waals surface area contributed by atoms with Crippen molar-refractivity contribution in [3.63, 3.8) is 0 Å². The molecule has 1 aromatic rings. The molecule has 0 saturated heterocycles. The van der Waals surface area contributed by atoms with Gasteiger partial charge in [-0.05, 0) is 31.4 Å². The molecule has 1 aromatic carbocycles. The third-order valence-corrected chi connectivity index (χ3v) is 2.69. The van der Waals surface area contributed by atoms with Gasteiger partial charge in [-0.1, -0.05) is 36.4 Å². The van der Waals surface area contributed by atoms with E-state index in [9.17, 15) is 0 Å². The van der Waals surface area contributed by atoms with Gasteiger partial charge in [-0.25, -0.2) is 0 Å². The number of hydrogen-bond acceptors (Lipinski definition) is 2. The summed E-state index contributed by atoms with van der Waals surface area (Å²) in [6, 6.07) is 11.0. The molecule has 0 saturated carbocycles. The molecule has 1 atom stereocenters. The Morgan fingerprint density at radius 1 is 1.31 bits per heavy atom. The van der Waals surface area contributed by atoms with Gasteiger partial charge in [0, 0.05) is 12.6 Å². The second-order valence-electron chi connectivity index (χ2n) is 3.99. The van der Waals surface area contributed by atoms with Crippen molar-refractivity contribution < 1.29 is 0 Å². The molecule has 1 rings (SSSR count). The maximum absolute atomic E-state index is 5.73. The van der Waals surface area contributed by atoms with E-state index in [1.807, 2.05) is 12.1 Å². The van der Waals surface area contributed by atoms with Crippen LogP contribution in [0.4, 0.5) is 0 Å². The maximum Gasteiger partial charge on any atom is 0.0193 e. The molecule has 0 spiro atoms. The molecule has 2 nitrogen and oxygen atoms in total. The highest BCUT2D eigenvalue weighted by Crippen LogP contribution is 2.04. The molecule has 1 unspecified atom stereocenters. The second-order valence-corrected chi connectivity index (χ2v) is 3.99. The zero-order valence-electron chi connectivity index (χ0n) is 9.86. The van der Waals surface area contributed by atoms with Gasteiger partial charge in [-0.15, -0.1) is 6.58 Å². The first-order chi connectivity index (χ1) is 7.86. The van der Waals surface area contributed by atoms with Gasteiger partial charge in [0.1, 0.15) is 0 Å². The molecule has 0 aromatic heterocycles. The molecule has 0 bridgehead atoms. The van der Waals surface area contributed by atoms with E-state index < -0.39 is 0 Å². The molecule has 88 valence electrons. The Hall–Kier alpha value is -1.12. The molecule has 16 heavy (non-hydrogen) atoms. The van der Waals surface area contributed by atoms with Crippen molar-refractivity contribution >= 4 is 0 Å². The number of rotatable bonds is 8. The molecule has 0 radical (unpaired) electrons. The average molecular weight is 218 g/mol. The summed E-state index contributed by atoms with van der Waals surface area (Å²) in [5, 5.41) is 3.44. The van der Waals surface area contributed by atoms with Crippen LogP contribution in [0.1, 0.15) is 18.4 Å². The molecule has 0 amide bonds. The molecular formula is C14H22N2. The average Bonchev–Trinajstić information content (AvgIpc) is 2.35. The first-order valence-corrected chi connectivity index (χ1v) is 5.95. The summed E-state index contributed by atoms with van der Waals surface area (Å²) in [5.74, 6) is 0. The van der Waals surface area contributed by atoms with E-state index in [1.165, 1.54) is 5.56 Å². The summed E-state index contributed by atoms with van der Waals surface area (Å²) in [7, 11) is 0. The van der Waals surface area contributed by atoms with Gasteiger partial charge in [0.15, 0.2) is 0 Å². The van der Waals surface area contributed by atoms with Crippen LogP contribution in [-0.4, -0.2) is 19.1 Å². The molecule has 0 aliphatic rings. The SMILES string of the molecule is C=CCCNC(CN)CCc1ccccc1. The molecule has 0 aliphatic carbocycles. The fraction of sp³-hybridized carbons (Fsp3) is 0.429. The minimum absolute atomic E-state index is 0.417. The highest BCUT2D eigenvalue weighted by molar-refractivity contribution is 5.14. The molecular weight excluding hydrogens is 196 g/mol. The zero-order valence-corrected chi connectivity index (χ0v) is 9.86. The predicted octanol–water partition coefficient (Wildman–Crippen LogP) is 2.11. The summed E-state index contributed by atoms with van der Waals surface area (Å²) < 4.78 is 0. The van der Waals surface area contributed by atoms with E-state index in [1.54, 1.807) is 0 Å². The minimum atomic E-state index is 0.417. The first kappa shape index (κ1) is 12.9. The third kappa shape index (κ3) is 5.10. The summed E-state index contributed by atoms with van der Waals surface area (Å²) in [5.41, 5.74) is 7.11. The largest absolute Gasteiger partial charge is 0.329 e. The van der Waals surface area contributed by atoms with Gasteiger partial charge >= 0.3 is 0 Å². The van der Waals surface area contributed by atoms with Crippen LogP contribution in [0.3, 0.4) is 0 Å². The standard InChI is InChI=1S/C14H22N2/c1-2-3-11-16-14(12-15)10-9-13-7-5-4-6-8-13/h2,4-8,14,16H,1,3,9-12,15H2. The first-order valence-electron chi connectivity index (χ1n) is 5.95. The lowest BCUT2D eigenvalue weighted by Crippen LogP contribution is -2.36. The summed E-state index contributed by atoms with van der Waals surface area (Å²) in [6.45, 7) is 5.38. The van der Waals surface area contributed by atoms with Gasteiger partial charge in [0.05, 0.1) is 0 Å². The number of benzene rings is 1. The van der Waals surface area contributed by atoms with Gasteiger partial charge in [0.25, 0.3) is 0 Å². The van der Waals surface area contributed by atoms with Crippen LogP contribution in [0.15, 0.2) is 43.0 Å². The van der Waals surface area contributed by atoms with Crippen LogP contribution in [0.2, 0.25) is 0 Å². The van der Waals surface area contributed by atoms with Crippen LogP contribution in [0.5, 0.6) is 0 Å². The van der Waals surface area contributed by atoms with E-state index >= 15 is 0 Å². The van der Waals surface area contributed by atoms with E-state index in [0.717, 1.165) is 25.8 Å². The van der Waals surface area contributed by atoms with Crippen LogP contribution in [-0.2, 0) is 6.42 Å². The van der Waals surface area contributed by atoms with Crippen molar-refractivity contribution in [3.05, 3.63) is 48.6 Å². The quantitative estimate of drug-likeness (QED) is 0.518.